The molecule has 2 heterocycles. The van der Waals surface area contributed by atoms with Crippen LogP contribution in [0.1, 0.15) is 61.2 Å². The zero-order valence-corrected chi connectivity index (χ0v) is 15.9. The molecule has 0 saturated carbocycles. The van der Waals surface area contributed by atoms with E-state index in [1.807, 2.05) is 0 Å². The van der Waals surface area contributed by atoms with Crippen molar-refractivity contribution in [3.8, 4) is 0 Å². The number of imide groups is 1. The van der Waals surface area contributed by atoms with Gasteiger partial charge in [0.25, 0.3) is 17.7 Å². The Morgan fingerprint density at radius 2 is 1.86 bits per heavy atom. The van der Waals surface area contributed by atoms with Crippen molar-refractivity contribution < 1.29 is 23.9 Å². The van der Waals surface area contributed by atoms with Crippen LogP contribution in [0.4, 0.5) is 5.69 Å². The van der Waals surface area contributed by atoms with Gasteiger partial charge < -0.3 is 10.1 Å². The number of hydrogen-bond acceptors (Lipinski definition) is 5. The molecular weight excluding hydrogens is 372 g/mol. The fraction of sp³-hybridized carbons (Fsp3) is 0.273. The second-order valence-corrected chi connectivity index (χ2v) is 7.21. The first-order valence-electron chi connectivity index (χ1n) is 9.48. The first-order chi connectivity index (χ1) is 13.9. The van der Waals surface area contributed by atoms with Gasteiger partial charge in [0.15, 0.2) is 5.78 Å². The predicted octanol–water partition coefficient (Wildman–Crippen LogP) is 2.92. The lowest BCUT2D eigenvalue weighted by molar-refractivity contribution is 0.0475. The van der Waals surface area contributed by atoms with E-state index in [9.17, 15) is 19.2 Å². The summed E-state index contributed by atoms with van der Waals surface area (Å²) in [4.78, 5) is 50.6. The number of carbonyl (C=O) groups is 4. The summed E-state index contributed by atoms with van der Waals surface area (Å²) in [5, 5.41) is 2.72. The van der Waals surface area contributed by atoms with Crippen molar-refractivity contribution in [2.24, 2.45) is 0 Å². The molecule has 1 saturated heterocycles. The van der Waals surface area contributed by atoms with Crippen LogP contribution < -0.4 is 5.32 Å². The van der Waals surface area contributed by atoms with Crippen molar-refractivity contribution in [1.82, 2.24) is 4.90 Å². The van der Waals surface area contributed by atoms with Crippen molar-refractivity contribution in [3.05, 3.63) is 64.7 Å². The van der Waals surface area contributed by atoms with Crippen LogP contribution in [0.15, 0.2) is 42.5 Å². The standard InChI is InChI=1S/C22H20N2O5/c1-13(25)14-4-2-5-16(10-14)23-20(26)15-7-8-18-19(11-15)22(28)24(21(18)27)12-17-6-3-9-29-17/h2,4-5,7-8,10-11,17H,3,6,9,12H2,1H3,(H,23,26). The van der Waals surface area contributed by atoms with Gasteiger partial charge in [-0.25, -0.2) is 0 Å². The first-order valence-corrected chi connectivity index (χ1v) is 9.48. The van der Waals surface area contributed by atoms with Gasteiger partial charge in [-0.15, -0.1) is 0 Å². The Morgan fingerprint density at radius 3 is 2.59 bits per heavy atom. The van der Waals surface area contributed by atoms with Crippen molar-refractivity contribution >= 4 is 29.2 Å². The molecule has 2 aliphatic rings. The Kier molecular flexibility index (Phi) is 4.98. The monoisotopic (exact) mass is 392 g/mol. The summed E-state index contributed by atoms with van der Waals surface area (Å²) in [5.74, 6) is -1.30. The fourth-order valence-electron chi connectivity index (χ4n) is 3.61. The average molecular weight is 392 g/mol. The van der Waals surface area contributed by atoms with Crippen molar-refractivity contribution in [2.75, 3.05) is 18.5 Å². The topological polar surface area (TPSA) is 92.8 Å². The molecule has 3 amide bonds. The van der Waals surface area contributed by atoms with Gasteiger partial charge in [0.2, 0.25) is 0 Å². The van der Waals surface area contributed by atoms with Crippen LogP contribution in [0.3, 0.4) is 0 Å². The molecule has 0 bridgehead atoms. The molecule has 1 unspecified atom stereocenters. The Balaban J connectivity index is 1.53. The highest BCUT2D eigenvalue weighted by molar-refractivity contribution is 6.22. The lowest BCUT2D eigenvalue weighted by Gasteiger charge is -2.17. The van der Waals surface area contributed by atoms with Gasteiger partial charge in [0.05, 0.1) is 23.8 Å². The average Bonchev–Trinajstić information content (AvgIpc) is 3.31. The number of hydrogen-bond donors (Lipinski definition) is 1. The number of amides is 3. The van der Waals surface area contributed by atoms with Gasteiger partial charge >= 0.3 is 0 Å². The maximum atomic E-state index is 12.7. The molecule has 0 radical (unpaired) electrons. The summed E-state index contributed by atoms with van der Waals surface area (Å²) in [5.41, 5.74) is 1.74. The molecular formula is C22H20N2O5. The van der Waals surface area contributed by atoms with Crippen molar-refractivity contribution in [3.63, 3.8) is 0 Å². The fourth-order valence-corrected chi connectivity index (χ4v) is 3.61. The molecule has 7 heteroatoms. The van der Waals surface area contributed by atoms with Crippen LogP contribution >= 0.6 is 0 Å². The van der Waals surface area contributed by atoms with E-state index >= 15 is 0 Å². The molecule has 0 spiro atoms. The number of nitrogens with zero attached hydrogens (tertiary/aromatic N) is 1. The van der Waals surface area contributed by atoms with Crippen LogP contribution in [0.5, 0.6) is 0 Å². The highest BCUT2D eigenvalue weighted by Crippen LogP contribution is 2.26. The number of benzene rings is 2. The molecule has 0 aromatic heterocycles. The zero-order chi connectivity index (χ0) is 20.5. The Labute approximate surface area is 167 Å². The largest absolute Gasteiger partial charge is 0.376 e. The molecule has 4 rings (SSSR count). The quantitative estimate of drug-likeness (QED) is 0.624. The summed E-state index contributed by atoms with van der Waals surface area (Å²) < 4.78 is 5.53. The zero-order valence-electron chi connectivity index (χ0n) is 15.9. The van der Waals surface area contributed by atoms with E-state index in [4.69, 9.17) is 4.74 Å². The number of anilines is 1. The van der Waals surface area contributed by atoms with E-state index in [2.05, 4.69) is 5.32 Å². The normalized spacial score (nSPS) is 18.1. The molecule has 2 aromatic carbocycles. The summed E-state index contributed by atoms with van der Waals surface area (Å²) >= 11 is 0. The SMILES string of the molecule is CC(=O)c1cccc(NC(=O)c2ccc3c(c2)C(=O)N(CC2CCCO2)C3=O)c1. The number of fused-ring (bicyclic) bond motifs is 1. The molecule has 29 heavy (non-hydrogen) atoms. The number of Topliss-reactive ketones (excluding diaryl/α,β-unsaturated/α-hetero) is 1. The highest BCUT2D eigenvalue weighted by Gasteiger charge is 2.37. The number of ketones is 1. The minimum absolute atomic E-state index is 0.103. The molecule has 7 nitrogen and oxygen atoms in total. The van der Waals surface area contributed by atoms with E-state index in [1.165, 1.54) is 30.0 Å². The Bertz CT molecular complexity index is 1020. The second-order valence-electron chi connectivity index (χ2n) is 7.21. The highest BCUT2D eigenvalue weighted by atomic mass is 16.5. The predicted molar refractivity (Wildman–Crippen MR) is 105 cm³/mol. The van der Waals surface area contributed by atoms with E-state index < -0.39 is 11.8 Å². The third kappa shape index (κ3) is 3.69. The van der Waals surface area contributed by atoms with Crippen LogP contribution in [0.25, 0.3) is 0 Å². The first kappa shape index (κ1) is 19.0. The molecule has 0 aliphatic carbocycles. The number of ether oxygens (including phenoxy) is 1. The number of rotatable bonds is 5. The molecule has 148 valence electrons. The minimum atomic E-state index is -0.425. The Hall–Kier alpha value is -3.32. The summed E-state index contributed by atoms with van der Waals surface area (Å²) in [7, 11) is 0. The molecule has 1 atom stereocenters. The van der Waals surface area contributed by atoms with Crippen LogP contribution in [0.2, 0.25) is 0 Å². The van der Waals surface area contributed by atoms with E-state index in [0.717, 1.165) is 12.8 Å². The lowest BCUT2D eigenvalue weighted by atomic mass is 10.0. The van der Waals surface area contributed by atoms with Gasteiger partial charge in [-0.2, -0.15) is 0 Å². The van der Waals surface area contributed by atoms with E-state index in [0.29, 0.717) is 23.4 Å². The van der Waals surface area contributed by atoms with Gasteiger partial charge in [0, 0.05) is 23.4 Å². The maximum absolute atomic E-state index is 12.7. The van der Waals surface area contributed by atoms with E-state index in [1.54, 1.807) is 24.3 Å². The molecule has 1 fully saturated rings. The van der Waals surface area contributed by atoms with Gasteiger partial charge in [-0.3, -0.25) is 24.1 Å². The summed E-state index contributed by atoms with van der Waals surface area (Å²) in [6, 6.07) is 11.1. The third-order valence-electron chi connectivity index (χ3n) is 5.17. The maximum Gasteiger partial charge on any atom is 0.261 e. The van der Waals surface area contributed by atoms with Crippen LogP contribution in [0, 0.1) is 0 Å². The summed E-state index contributed by atoms with van der Waals surface area (Å²) in [6.07, 6.45) is 1.61. The minimum Gasteiger partial charge on any atom is -0.376 e. The summed E-state index contributed by atoms with van der Waals surface area (Å²) in [6.45, 7) is 2.32. The molecule has 2 aromatic rings. The van der Waals surface area contributed by atoms with Crippen LogP contribution in [-0.4, -0.2) is 47.7 Å². The van der Waals surface area contributed by atoms with Crippen LogP contribution in [-0.2, 0) is 4.74 Å². The van der Waals surface area contributed by atoms with Gasteiger partial charge in [0.1, 0.15) is 0 Å². The molecule has 2 aliphatic heterocycles. The smallest absolute Gasteiger partial charge is 0.261 e. The van der Waals surface area contributed by atoms with Crippen molar-refractivity contribution in [1.29, 1.82) is 0 Å². The second kappa shape index (κ2) is 7.60. The van der Waals surface area contributed by atoms with E-state index in [-0.39, 0.29) is 35.5 Å². The molecule has 1 N–H and O–H groups in total. The number of nitrogens with one attached hydrogen (secondary N) is 1. The lowest BCUT2D eigenvalue weighted by Crippen LogP contribution is -2.36. The number of carbonyl (C=O) groups excluding carboxylic acids is 4. The Morgan fingerprint density at radius 1 is 1.07 bits per heavy atom. The van der Waals surface area contributed by atoms with Crippen molar-refractivity contribution in [2.45, 2.75) is 25.9 Å². The van der Waals surface area contributed by atoms with Gasteiger partial charge in [-0.1, -0.05) is 12.1 Å². The van der Waals surface area contributed by atoms with Gasteiger partial charge in [-0.05, 0) is 50.1 Å². The third-order valence-corrected chi connectivity index (χ3v) is 5.17.